The van der Waals surface area contributed by atoms with E-state index in [9.17, 15) is 0 Å². The van der Waals surface area contributed by atoms with Crippen molar-refractivity contribution in [1.29, 1.82) is 0 Å². The minimum Gasteiger partial charge on any atom is -0.456 e. The van der Waals surface area contributed by atoms with Gasteiger partial charge in [-0.05, 0) is 88.3 Å². The van der Waals surface area contributed by atoms with Crippen molar-refractivity contribution in [2.45, 2.75) is 6.17 Å². The normalized spacial score (nSPS) is 14.5. The van der Waals surface area contributed by atoms with Gasteiger partial charge in [-0.3, -0.25) is 4.57 Å². The Balaban J connectivity index is 1.05. The van der Waals surface area contributed by atoms with Crippen molar-refractivity contribution < 1.29 is 8.83 Å². The first-order chi connectivity index (χ1) is 32.7. The molecule has 1 unspecified atom stereocenters. The van der Waals surface area contributed by atoms with Crippen LogP contribution in [0.15, 0.2) is 219 Å². The van der Waals surface area contributed by atoms with Crippen LogP contribution in [0.5, 0.6) is 0 Å². The molecule has 0 radical (unpaired) electrons. The Labute approximate surface area is 375 Å². The van der Waals surface area contributed by atoms with Crippen molar-refractivity contribution >= 4 is 121 Å². The molecule has 15 rings (SSSR count). The van der Waals surface area contributed by atoms with Crippen molar-refractivity contribution in [3.8, 4) is 5.69 Å². The molecule has 1 N–H and O–H groups in total. The largest absolute Gasteiger partial charge is 0.456 e. The third-order valence-corrected chi connectivity index (χ3v) is 13.7. The van der Waals surface area contributed by atoms with Gasteiger partial charge in [0.1, 0.15) is 34.4 Å². The molecule has 308 valence electrons. The lowest BCUT2D eigenvalue weighted by molar-refractivity contribution is 0.652. The third kappa shape index (κ3) is 5.02. The number of nitrogens with zero attached hydrogens (tertiary/aromatic N) is 4. The number of furan rings is 2. The molecule has 7 heteroatoms. The van der Waals surface area contributed by atoms with Crippen molar-refractivity contribution in [2.75, 3.05) is 0 Å². The number of fused-ring (bicyclic) bond motifs is 14. The first-order valence-corrected chi connectivity index (χ1v) is 22.3. The second kappa shape index (κ2) is 13.3. The van der Waals surface area contributed by atoms with Crippen LogP contribution in [-0.2, 0) is 0 Å². The smallest absolute Gasteiger partial charge is 0.234 e. The fraction of sp³-hybridized carbons (Fsp3) is 0.0169. The first kappa shape index (κ1) is 35.5. The van der Waals surface area contributed by atoms with Gasteiger partial charge in [0.2, 0.25) is 5.96 Å². The average Bonchev–Trinajstić information content (AvgIpc) is 4.12. The monoisotopic (exact) mass is 845 g/mol. The summed E-state index contributed by atoms with van der Waals surface area (Å²) in [6, 6.07) is 70.9. The molecule has 4 aromatic heterocycles. The molecule has 0 amide bonds. The molecule has 0 bridgehead atoms. The zero-order valence-electron chi connectivity index (χ0n) is 35.2. The average molecular weight is 846 g/mol. The number of hydrogen-bond donors (Lipinski definition) is 1. The van der Waals surface area contributed by atoms with E-state index in [1.165, 1.54) is 10.8 Å². The standard InChI is InChI=1S/C59H35N5O2/c1-3-15-36-31-50-46(29-34(36)13-1)47-30-35-14-2-4-16-37(35)32-51(47)63(50)55-45(28-27-44-42-20-8-12-24-53(42)66-56(44)55)58-60-57(38-25-26-43-41-19-7-11-23-52(41)65-54(43)33-38)61-59(62-58)64-48-21-9-5-17-39(48)40-18-6-10-22-49(40)64/h1-33,57H,(H,60,61,62). The number of aliphatic imine (C=N–C) groups is 2. The highest BCUT2D eigenvalue weighted by Crippen LogP contribution is 2.43. The SMILES string of the molecule is c1ccc2cc3c(cc2c1)c1cc2ccccc2cc1n3-c1c(C2=NC(n3c4ccccc4c4ccccc43)=NC(c3ccc4c(c3)oc3ccccc34)N2)ccc2c1oc1ccccc12. The van der Waals surface area contributed by atoms with Crippen LogP contribution in [0.3, 0.4) is 0 Å². The van der Waals surface area contributed by atoms with Gasteiger partial charge in [-0.2, -0.15) is 4.99 Å². The number of nitrogens with one attached hydrogen (secondary N) is 1. The fourth-order valence-electron chi connectivity index (χ4n) is 10.7. The predicted octanol–water partition coefficient (Wildman–Crippen LogP) is 14.9. The summed E-state index contributed by atoms with van der Waals surface area (Å²) >= 11 is 0. The van der Waals surface area contributed by atoms with Crippen molar-refractivity contribution in [2.24, 2.45) is 9.98 Å². The maximum atomic E-state index is 7.06. The van der Waals surface area contributed by atoms with E-state index in [-0.39, 0.29) is 0 Å². The molecular weight excluding hydrogens is 811 g/mol. The number of para-hydroxylation sites is 4. The van der Waals surface area contributed by atoms with Crippen LogP contribution in [-0.4, -0.2) is 20.9 Å². The van der Waals surface area contributed by atoms with Crippen LogP contribution in [0.25, 0.3) is 115 Å². The van der Waals surface area contributed by atoms with Crippen molar-refractivity contribution in [3.63, 3.8) is 0 Å². The summed E-state index contributed by atoms with van der Waals surface area (Å²) in [6.45, 7) is 0. The summed E-state index contributed by atoms with van der Waals surface area (Å²) in [5, 5.41) is 17.4. The number of hydrogen-bond acceptors (Lipinski definition) is 5. The van der Waals surface area contributed by atoms with Gasteiger partial charge >= 0.3 is 0 Å². The quantitative estimate of drug-likeness (QED) is 0.192. The van der Waals surface area contributed by atoms with E-state index < -0.39 is 6.17 Å². The van der Waals surface area contributed by atoms with Crippen molar-refractivity contribution in [3.05, 3.63) is 211 Å². The van der Waals surface area contributed by atoms with Crippen LogP contribution >= 0.6 is 0 Å². The zero-order valence-corrected chi connectivity index (χ0v) is 35.2. The molecule has 66 heavy (non-hydrogen) atoms. The van der Waals surface area contributed by atoms with E-state index >= 15 is 0 Å². The van der Waals surface area contributed by atoms with Gasteiger partial charge in [-0.15, -0.1) is 0 Å². The molecule has 0 fully saturated rings. The molecule has 0 saturated heterocycles. The molecule has 0 aliphatic carbocycles. The van der Waals surface area contributed by atoms with E-state index in [0.717, 1.165) is 115 Å². The van der Waals surface area contributed by atoms with Gasteiger partial charge in [-0.1, -0.05) is 133 Å². The lowest BCUT2D eigenvalue weighted by Gasteiger charge is -2.26. The van der Waals surface area contributed by atoms with E-state index in [1.807, 2.05) is 18.2 Å². The van der Waals surface area contributed by atoms with E-state index in [0.29, 0.717) is 11.8 Å². The van der Waals surface area contributed by atoms with Gasteiger partial charge in [0.15, 0.2) is 5.58 Å². The molecule has 5 heterocycles. The molecule has 1 aliphatic rings. The number of rotatable bonds is 3. The molecule has 1 atom stereocenters. The summed E-state index contributed by atoms with van der Waals surface area (Å²) in [6.07, 6.45) is -0.532. The first-order valence-electron chi connectivity index (χ1n) is 22.3. The second-order valence-electron chi connectivity index (χ2n) is 17.4. The van der Waals surface area contributed by atoms with Gasteiger partial charge in [0, 0.05) is 54.2 Å². The Morgan fingerprint density at radius 2 is 0.909 bits per heavy atom. The Kier molecular flexibility index (Phi) is 7.15. The zero-order chi connectivity index (χ0) is 43.0. The molecule has 7 nitrogen and oxygen atoms in total. The van der Waals surface area contributed by atoms with Crippen LogP contribution in [0.4, 0.5) is 0 Å². The Bertz CT molecular complexity index is 4320. The van der Waals surface area contributed by atoms with E-state index in [4.69, 9.17) is 18.8 Å². The maximum absolute atomic E-state index is 7.06. The van der Waals surface area contributed by atoms with Gasteiger partial charge in [-0.25, -0.2) is 4.99 Å². The van der Waals surface area contributed by atoms with Crippen LogP contribution in [0, 0.1) is 0 Å². The molecule has 1 aliphatic heterocycles. The number of benzene rings is 10. The summed E-state index contributed by atoms with van der Waals surface area (Å²) in [5.41, 5.74) is 10.2. The van der Waals surface area contributed by atoms with Gasteiger partial charge < -0.3 is 18.7 Å². The van der Waals surface area contributed by atoms with E-state index in [1.54, 1.807) is 0 Å². The fourth-order valence-corrected chi connectivity index (χ4v) is 10.7. The Hall–Kier alpha value is -8.94. The summed E-state index contributed by atoms with van der Waals surface area (Å²) < 4.78 is 18.1. The second-order valence-corrected chi connectivity index (χ2v) is 17.4. The molecule has 0 saturated carbocycles. The highest BCUT2D eigenvalue weighted by atomic mass is 16.3. The Morgan fingerprint density at radius 1 is 0.394 bits per heavy atom. The molecule has 10 aromatic carbocycles. The lowest BCUT2D eigenvalue weighted by atomic mass is 10.0. The number of amidine groups is 1. The molecule has 0 spiro atoms. The van der Waals surface area contributed by atoms with E-state index in [2.05, 4.69) is 196 Å². The highest BCUT2D eigenvalue weighted by molar-refractivity contribution is 6.22. The topological polar surface area (TPSA) is 72.9 Å². The minimum absolute atomic E-state index is 0.532. The Morgan fingerprint density at radius 3 is 1.56 bits per heavy atom. The van der Waals surface area contributed by atoms with Crippen molar-refractivity contribution in [1.82, 2.24) is 14.5 Å². The minimum atomic E-state index is -0.532. The van der Waals surface area contributed by atoms with Gasteiger partial charge in [0.25, 0.3) is 0 Å². The highest BCUT2D eigenvalue weighted by Gasteiger charge is 2.29. The van der Waals surface area contributed by atoms with Crippen LogP contribution < -0.4 is 5.32 Å². The predicted molar refractivity (Wildman–Crippen MR) is 271 cm³/mol. The molecule has 14 aromatic rings. The summed E-state index contributed by atoms with van der Waals surface area (Å²) in [5.74, 6) is 1.25. The van der Waals surface area contributed by atoms with Gasteiger partial charge in [0.05, 0.1) is 22.1 Å². The summed E-state index contributed by atoms with van der Waals surface area (Å²) in [4.78, 5) is 11.1. The van der Waals surface area contributed by atoms with Crippen LogP contribution in [0.1, 0.15) is 17.3 Å². The summed E-state index contributed by atoms with van der Waals surface area (Å²) in [7, 11) is 0. The maximum Gasteiger partial charge on any atom is 0.234 e. The number of aromatic nitrogens is 2. The molecular formula is C59H35N5O2. The third-order valence-electron chi connectivity index (χ3n) is 13.7. The van der Waals surface area contributed by atoms with Crippen LogP contribution in [0.2, 0.25) is 0 Å². The lowest BCUT2D eigenvalue weighted by Crippen LogP contribution is -2.35.